The molecule has 1 amide bonds. The molecule has 34 heavy (non-hydrogen) atoms. The minimum atomic E-state index is -0.0159. The number of hydrogen-bond acceptors (Lipinski definition) is 6. The van der Waals surface area contributed by atoms with E-state index in [1.54, 1.807) is 27.7 Å². The zero-order valence-corrected chi connectivity index (χ0v) is 19.7. The van der Waals surface area contributed by atoms with Gasteiger partial charge in [0, 0.05) is 31.2 Å². The first-order chi connectivity index (χ1) is 16.6. The Morgan fingerprint density at radius 2 is 1.88 bits per heavy atom. The molecule has 4 aromatic rings. The van der Waals surface area contributed by atoms with Crippen molar-refractivity contribution in [3.63, 3.8) is 0 Å². The van der Waals surface area contributed by atoms with E-state index in [1.807, 2.05) is 37.4 Å². The van der Waals surface area contributed by atoms with Crippen LogP contribution in [0.3, 0.4) is 0 Å². The molecule has 0 saturated carbocycles. The smallest absolute Gasteiger partial charge is 0.265 e. The number of carbonyl (C=O) groups excluding carboxylic acids is 1. The van der Waals surface area contributed by atoms with Crippen LogP contribution < -0.4 is 4.90 Å². The van der Waals surface area contributed by atoms with Gasteiger partial charge in [0.15, 0.2) is 0 Å². The quantitative estimate of drug-likeness (QED) is 0.443. The van der Waals surface area contributed by atoms with Gasteiger partial charge in [0.2, 0.25) is 5.96 Å². The summed E-state index contributed by atoms with van der Waals surface area (Å²) < 4.78 is 3.92. The summed E-state index contributed by atoms with van der Waals surface area (Å²) in [5.74, 6) is 0.716. The second kappa shape index (κ2) is 8.18. The Bertz CT molecular complexity index is 1380. The second-order valence-corrected chi connectivity index (χ2v) is 9.56. The van der Waals surface area contributed by atoms with Crippen LogP contribution in [0.25, 0.3) is 5.69 Å². The van der Waals surface area contributed by atoms with Crippen LogP contribution in [-0.4, -0.2) is 55.7 Å². The minimum absolute atomic E-state index is 0.0159. The van der Waals surface area contributed by atoms with Crippen LogP contribution in [0.5, 0.6) is 0 Å². The fourth-order valence-corrected chi connectivity index (χ4v) is 5.48. The van der Waals surface area contributed by atoms with Gasteiger partial charge in [-0.2, -0.15) is 5.10 Å². The van der Waals surface area contributed by atoms with E-state index in [0.717, 1.165) is 44.9 Å². The molecule has 9 heteroatoms. The van der Waals surface area contributed by atoms with Crippen molar-refractivity contribution in [3.05, 3.63) is 84.6 Å². The molecular weight excluding hydrogens is 446 g/mol. The van der Waals surface area contributed by atoms with Crippen molar-refractivity contribution < 1.29 is 4.79 Å². The molecule has 0 N–H and O–H groups in total. The molecule has 2 aliphatic rings. The lowest BCUT2D eigenvalue weighted by atomic mass is 10.2. The Kier molecular flexibility index (Phi) is 4.99. The van der Waals surface area contributed by atoms with Crippen molar-refractivity contribution in [2.24, 2.45) is 4.99 Å². The molecule has 0 spiro atoms. The lowest BCUT2D eigenvalue weighted by Crippen LogP contribution is -2.47. The Morgan fingerprint density at radius 3 is 2.62 bits per heavy atom. The third-order valence-electron chi connectivity index (χ3n) is 6.07. The predicted octanol–water partition coefficient (Wildman–Crippen LogP) is 3.92. The number of amides is 1. The zero-order valence-electron chi connectivity index (χ0n) is 18.9. The third-order valence-corrected chi connectivity index (χ3v) is 7.21. The van der Waals surface area contributed by atoms with Crippen molar-refractivity contribution in [2.75, 3.05) is 18.5 Å². The average Bonchev–Trinajstić information content (AvgIpc) is 3.59. The first-order valence-electron chi connectivity index (χ1n) is 11.1. The molecule has 0 bridgehead atoms. The number of carbonyl (C=O) groups is 1. The standard InChI is InChI=1S/C25H23N7OS/c1-17-12-31-21-14-30(13-18-8-10-19(11-9-18)32-16-26-15-27-32)24(34-20-6-4-3-5-7-20)22(21)23(33)29(2)25(31)28-17/h3-11,14-17H,12-13H2,1-2H3. The molecule has 0 saturated heterocycles. The Hall–Kier alpha value is -3.85. The molecule has 2 aliphatic heterocycles. The predicted molar refractivity (Wildman–Crippen MR) is 132 cm³/mol. The van der Waals surface area contributed by atoms with Gasteiger partial charge in [0.25, 0.3) is 5.91 Å². The number of aromatic nitrogens is 4. The Balaban J connectivity index is 1.41. The highest BCUT2D eigenvalue weighted by Crippen LogP contribution is 2.42. The number of aliphatic imine (C=N–C) groups is 1. The summed E-state index contributed by atoms with van der Waals surface area (Å²) in [4.78, 5) is 27.2. The number of rotatable bonds is 5. The fourth-order valence-electron chi connectivity index (χ4n) is 4.44. The summed E-state index contributed by atoms with van der Waals surface area (Å²) in [5, 5.41) is 5.14. The van der Waals surface area contributed by atoms with E-state index in [9.17, 15) is 4.79 Å². The van der Waals surface area contributed by atoms with Gasteiger partial charge in [0.1, 0.15) is 12.7 Å². The molecule has 8 nitrogen and oxygen atoms in total. The molecule has 170 valence electrons. The van der Waals surface area contributed by atoms with E-state index in [1.165, 1.54) is 6.33 Å². The SMILES string of the molecule is CC1CN2C(=N1)N(C)C(=O)c1c2cn(Cc2ccc(-n3cncn3)cc2)c1Sc1ccccc1. The highest BCUT2D eigenvalue weighted by molar-refractivity contribution is 7.99. The van der Waals surface area contributed by atoms with Crippen molar-refractivity contribution in [3.8, 4) is 5.69 Å². The number of guanidine groups is 1. The maximum Gasteiger partial charge on any atom is 0.265 e. The second-order valence-electron chi connectivity index (χ2n) is 8.50. The monoisotopic (exact) mass is 469 g/mol. The molecule has 0 fully saturated rings. The molecular formula is C25H23N7OS. The summed E-state index contributed by atoms with van der Waals surface area (Å²) in [5.41, 5.74) is 3.76. The maximum atomic E-state index is 13.5. The normalized spacial score (nSPS) is 17.1. The number of hydrogen-bond donors (Lipinski definition) is 0. The summed E-state index contributed by atoms with van der Waals surface area (Å²) in [6.45, 7) is 3.50. The van der Waals surface area contributed by atoms with Gasteiger partial charge in [-0.05, 0) is 36.8 Å². The fraction of sp³-hybridized carbons (Fsp3) is 0.200. The van der Waals surface area contributed by atoms with Crippen LogP contribution in [0.15, 0.2) is 88.4 Å². The molecule has 0 aliphatic carbocycles. The van der Waals surface area contributed by atoms with E-state index in [2.05, 4.69) is 56.9 Å². The number of nitrogens with zero attached hydrogens (tertiary/aromatic N) is 7. The van der Waals surface area contributed by atoms with Crippen LogP contribution in [-0.2, 0) is 6.54 Å². The lowest BCUT2D eigenvalue weighted by Gasteiger charge is -2.31. The summed E-state index contributed by atoms with van der Waals surface area (Å²) >= 11 is 1.62. The average molecular weight is 470 g/mol. The summed E-state index contributed by atoms with van der Waals surface area (Å²) in [6, 6.07) is 18.6. The van der Waals surface area contributed by atoms with Gasteiger partial charge in [-0.3, -0.25) is 9.69 Å². The van der Waals surface area contributed by atoms with E-state index in [0.29, 0.717) is 6.54 Å². The maximum absolute atomic E-state index is 13.5. The van der Waals surface area contributed by atoms with E-state index >= 15 is 0 Å². The molecule has 1 atom stereocenters. The molecule has 0 radical (unpaired) electrons. The van der Waals surface area contributed by atoms with Gasteiger partial charge in [-0.1, -0.05) is 42.1 Å². The van der Waals surface area contributed by atoms with Crippen LogP contribution in [0.1, 0.15) is 22.8 Å². The molecule has 2 aromatic carbocycles. The first kappa shape index (κ1) is 20.7. The molecule has 6 rings (SSSR count). The Morgan fingerprint density at radius 1 is 1.09 bits per heavy atom. The number of anilines is 1. The van der Waals surface area contributed by atoms with Crippen molar-refractivity contribution >= 4 is 29.3 Å². The van der Waals surface area contributed by atoms with Crippen LogP contribution in [0, 0.1) is 0 Å². The molecule has 4 heterocycles. The van der Waals surface area contributed by atoms with Crippen molar-refractivity contribution in [1.82, 2.24) is 24.2 Å². The van der Waals surface area contributed by atoms with Crippen LogP contribution in [0.4, 0.5) is 5.69 Å². The first-order valence-corrected chi connectivity index (χ1v) is 11.9. The van der Waals surface area contributed by atoms with E-state index in [4.69, 9.17) is 4.99 Å². The third kappa shape index (κ3) is 3.49. The van der Waals surface area contributed by atoms with E-state index in [-0.39, 0.29) is 11.9 Å². The largest absolute Gasteiger partial charge is 0.335 e. The highest BCUT2D eigenvalue weighted by atomic mass is 32.2. The highest BCUT2D eigenvalue weighted by Gasteiger charge is 2.40. The topological polar surface area (TPSA) is 71.5 Å². The van der Waals surface area contributed by atoms with Gasteiger partial charge < -0.3 is 9.47 Å². The van der Waals surface area contributed by atoms with Gasteiger partial charge in [-0.15, -0.1) is 0 Å². The molecule has 1 unspecified atom stereocenters. The van der Waals surface area contributed by atoms with Crippen LogP contribution in [0.2, 0.25) is 0 Å². The lowest BCUT2D eigenvalue weighted by molar-refractivity contribution is 0.0862. The summed E-state index contributed by atoms with van der Waals surface area (Å²) in [7, 11) is 1.81. The van der Waals surface area contributed by atoms with Gasteiger partial charge in [-0.25, -0.2) is 14.7 Å². The number of fused-ring (bicyclic) bond motifs is 3. The van der Waals surface area contributed by atoms with Crippen LogP contribution >= 0.6 is 11.8 Å². The zero-order chi connectivity index (χ0) is 23.2. The van der Waals surface area contributed by atoms with Gasteiger partial charge in [0.05, 0.1) is 28.0 Å². The summed E-state index contributed by atoms with van der Waals surface area (Å²) in [6.07, 6.45) is 5.31. The van der Waals surface area contributed by atoms with Crippen molar-refractivity contribution in [2.45, 2.75) is 29.4 Å². The molecule has 2 aromatic heterocycles. The Labute approximate surface area is 201 Å². The minimum Gasteiger partial charge on any atom is -0.335 e. The van der Waals surface area contributed by atoms with E-state index < -0.39 is 0 Å². The van der Waals surface area contributed by atoms with Crippen molar-refractivity contribution in [1.29, 1.82) is 0 Å². The van der Waals surface area contributed by atoms with Gasteiger partial charge >= 0.3 is 0 Å². The number of benzene rings is 2.